The van der Waals surface area contributed by atoms with Crippen molar-refractivity contribution in [3.63, 3.8) is 0 Å². The van der Waals surface area contributed by atoms with Gasteiger partial charge in [0.15, 0.2) is 9.84 Å². The van der Waals surface area contributed by atoms with E-state index in [2.05, 4.69) is 0 Å². The maximum atomic E-state index is 12.9. The largest absolute Gasteiger partial charge is 0.380 e. The third kappa shape index (κ3) is 2.66. The molecule has 0 unspecified atom stereocenters. The van der Waals surface area contributed by atoms with Crippen molar-refractivity contribution in [3.05, 3.63) is 35.6 Å². The third-order valence-corrected chi connectivity index (χ3v) is 5.18. The molecule has 1 aromatic rings. The molecule has 1 aliphatic rings. The summed E-state index contributed by atoms with van der Waals surface area (Å²) in [6.45, 7) is 2.49. The number of rotatable bonds is 5. The molecule has 1 saturated carbocycles. The zero-order chi connectivity index (χ0) is 14.3. The van der Waals surface area contributed by atoms with Crippen LogP contribution in [-0.4, -0.2) is 38.7 Å². The molecule has 2 rings (SSSR count). The number of hydrogen-bond donors (Lipinski definition) is 1. The molecule has 1 aromatic carbocycles. The van der Waals surface area contributed by atoms with Crippen LogP contribution in [0.2, 0.25) is 0 Å². The van der Waals surface area contributed by atoms with Gasteiger partial charge in [-0.1, -0.05) is 12.1 Å². The summed E-state index contributed by atoms with van der Waals surface area (Å²) in [6, 6.07) is 5.79. The van der Waals surface area contributed by atoms with Crippen LogP contribution in [-0.2, 0) is 14.6 Å². The second-order valence-electron chi connectivity index (χ2n) is 5.03. The summed E-state index contributed by atoms with van der Waals surface area (Å²) in [5.41, 5.74) is 6.00. The van der Waals surface area contributed by atoms with Crippen LogP contribution in [0.4, 0.5) is 4.39 Å². The smallest absolute Gasteiger partial charge is 0.152 e. The maximum absolute atomic E-state index is 12.9. The summed E-state index contributed by atoms with van der Waals surface area (Å²) in [7, 11) is -3.27. The minimum absolute atomic E-state index is 0.184. The minimum atomic E-state index is -3.27. The van der Waals surface area contributed by atoms with Gasteiger partial charge < -0.3 is 10.5 Å². The lowest BCUT2D eigenvalue weighted by molar-refractivity contribution is 0.125. The lowest BCUT2D eigenvalue weighted by Crippen LogP contribution is -2.36. The first-order valence-electron chi connectivity index (χ1n) is 6.11. The Morgan fingerprint density at radius 1 is 1.37 bits per heavy atom. The first-order valence-corrected chi connectivity index (χ1v) is 8.07. The highest BCUT2D eigenvalue weighted by atomic mass is 32.2. The predicted octanol–water partition coefficient (Wildman–Crippen LogP) is 1.07. The molecular weight excluding hydrogens is 269 g/mol. The fraction of sp³-hybridized carbons (Fsp3) is 0.538. The van der Waals surface area contributed by atoms with Gasteiger partial charge in [-0.25, -0.2) is 12.8 Å². The second-order valence-corrected chi connectivity index (χ2v) is 7.20. The minimum Gasteiger partial charge on any atom is -0.380 e. The fourth-order valence-corrected chi connectivity index (χ4v) is 4.51. The standard InChI is InChI=1S/C13H18FNO3S/c1-3-18-8-13(15)11(12(13)19(2,16)17)9-4-6-10(14)7-5-9/h4-7,11-12H,3,8,15H2,1-2H3/t11-,12-,13-/m0/s1. The Labute approximate surface area is 112 Å². The average molecular weight is 287 g/mol. The molecule has 0 radical (unpaired) electrons. The first kappa shape index (κ1) is 14.4. The van der Waals surface area contributed by atoms with Gasteiger partial charge in [-0.3, -0.25) is 0 Å². The molecule has 19 heavy (non-hydrogen) atoms. The van der Waals surface area contributed by atoms with E-state index in [1.807, 2.05) is 6.92 Å². The molecule has 4 nitrogen and oxygen atoms in total. The number of halogens is 1. The van der Waals surface area contributed by atoms with Crippen LogP contribution in [0.3, 0.4) is 0 Å². The maximum Gasteiger partial charge on any atom is 0.152 e. The lowest BCUT2D eigenvalue weighted by atomic mass is 10.1. The van der Waals surface area contributed by atoms with Gasteiger partial charge in [0.2, 0.25) is 0 Å². The van der Waals surface area contributed by atoms with Crippen molar-refractivity contribution in [3.8, 4) is 0 Å². The zero-order valence-electron chi connectivity index (χ0n) is 11.0. The van der Waals surface area contributed by atoms with E-state index < -0.39 is 20.6 Å². The fourth-order valence-electron chi connectivity index (χ4n) is 2.67. The number of ether oxygens (including phenoxy) is 1. The molecule has 1 aliphatic carbocycles. The van der Waals surface area contributed by atoms with E-state index in [0.29, 0.717) is 6.61 Å². The van der Waals surface area contributed by atoms with E-state index in [1.165, 1.54) is 18.4 Å². The van der Waals surface area contributed by atoms with Gasteiger partial charge in [-0.2, -0.15) is 0 Å². The third-order valence-electron chi connectivity index (χ3n) is 3.55. The Morgan fingerprint density at radius 3 is 2.42 bits per heavy atom. The number of sulfone groups is 1. The summed E-state index contributed by atoms with van der Waals surface area (Å²) in [5.74, 6) is -0.692. The van der Waals surface area contributed by atoms with Crippen LogP contribution in [0.25, 0.3) is 0 Å². The average Bonchev–Trinajstić information content (AvgIpc) is 2.95. The summed E-state index contributed by atoms with van der Waals surface area (Å²) >= 11 is 0. The molecule has 0 amide bonds. The molecule has 2 N–H and O–H groups in total. The molecule has 0 heterocycles. The van der Waals surface area contributed by atoms with Crippen LogP contribution >= 0.6 is 0 Å². The summed E-state index contributed by atoms with van der Waals surface area (Å²) in [4.78, 5) is 0. The van der Waals surface area contributed by atoms with E-state index in [-0.39, 0.29) is 18.3 Å². The zero-order valence-corrected chi connectivity index (χ0v) is 11.8. The highest BCUT2D eigenvalue weighted by molar-refractivity contribution is 7.91. The molecule has 0 aromatic heterocycles. The monoisotopic (exact) mass is 287 g/mol. The van der Waals surface area contributed by atoms with Crippen molar-refractivity contribution in [1.82, 2.24) is 0 Å². The van der Waals surface area contributed by atoms with Crippen molar-refractivity contribution < 1.29 is 17.5 Å². The molecule has 0 saturated heterocycles. The Balaban J connectivity index is 2.30. The quantitative estimate of drug-likeness (QED) is 0.879. The first-order chi connectivity index (χ1) is 8.80. The van der Waals surface area contributed by atoms with Gasteiger partial charge >= 0.3 is 0 Å². The molecule has 1 fully saturated rings. The van der Waals surface area contributed by atoms with Crippen molar-refractivity contribution in [1.29, 1.82) is 0 Å². The van der Waals surface area contributed by atoms with E-state index in [0.717, 1.165) is 5.56 Å². The van der Waals surface area contributed by atoms with Gasteiger partial charge in [0, 0.05) is 18.8 Å². The molecule has 0 spiro atoms. The van der Waals surface area contributed by atoms with E-state index in [9.17, 15) is 12.8 Å². The van der Waals surface area contributed by atoms with Crippen molar-refractivity contribution in [2.75, 3.05) is 19.5 Å². The Bertz CT molecular complexity index is 558. The normalized spacial score (nSPS) is 30.3. The van der Waals surface area contributed by atoms with Gasteiger partial charge in [0.25, 0.3) is 0 Å². The van der Waals surface area contributed by atoms with Crippen molar-refractivity contribution in [2.24, 2.45) is 5.73 Å². The molecule has 106 valence electrons. The SMILES string of the molecule is CCOC[C@]1(N)[C@@H](c2ccc(F)cc2)[C@@H]1S(C)(=O)=O. The number of benzene rings is 1. The Kier molecular flexibility index (Phi) is 3.68. The van der Waals surface area contributed by atoms with Crippen molar-refractivity contribution >= 4 is 9.84 Å². The van der Waals surface area contributed by atoms with E-state index >= 15 is 0 Å². The van der Waals surface area contributed by atoms with E-state index in [1.54, 1.807) is 12.1 Å². The van der Waals surface area contributed by atoms with Crippen LogP contribution in [0.15, 0.2) is 24.3 Å². The van der Waals surface area contributed by atoms with Gasteiger partial charge in [0.1, 0.15) is 5.82 Å². The molecule has 3 atom stereocenters. The molecular formula is C13H18FNO3S. The molecule has 0 aliphatic heterocycles. The highest BCUT2D eigenvalue weighted by Crippen LogP contribution is 2.53. The van der Waals surface area contributed by atoms with E-state index in [4.69, 9.17) is 10.5 Å². The predicted molar refractivity (Wildman–Crippen MR) is 71.2 cm³/mol. The second kappa shape index (κ2) is 4.85. The summed E-state index contributed by atoms with van der Waals surface area (Å²) in [6.07, 6.45) is 1.18. The topological polar surface area (TPSA) is 69.4 Å². The Morgan fingerprint density at radius 2 is 1.95 bits per heavy atom. The van der Waals surface area contributed by atoms with Gasteiger partial charge in [-0.15, -0.1) is 0 Å². The van der Waals surface area contributed by atoms with Crippen molar-refractivity contribution in [2.45, 2.75) is 23.6 Å². The van der Waals surface area contributed by atoms with Crippen LogP contribution < -0.4 is 5.73 Å². The number of nitrogens with two attached hydrogens (primary N) is 1. The highest BCUT2D eigenvalue weighted by Gasteiger charge is 2.68. The molecule has 6 heteroatoms. The van der Waals surface area contributed by atoms with Crippen LogP contribution in [0.1, 0.15) is 18.4 Å². The summed E-state index contributed by atoms with van der Waals surface area (Å²) < 4.78 is 41.8. The van der Waals surface area contributed by atoms with Crippen LogP contribution in [0.5, 0.6) is 0 Å². The molecule has 0 bridgehead atoms. The van der Waals surface area contributed by atoms with Gasteiger partial charge in [-0.05, 0) is 24.6 Å². The van der Waals surface area contributed by atoms with Crippen LogP contribution in [0, 0.1) is 5.82 Å². The number of hydrogen-bond acceptors (Lipinski definition) is 4. The summed E-state index contributed by atoms with van der Waals surface area (Å²) in [5, 5.41) is -0.669. The lowest BCUT2D eigenvalue weighted by Gasteiger charge is -2.11. The Hall–Kier alpha value is -0.980. The van der Waals surface area contributed by atoms with Gasteiger partial charge in [0.05, 0.1) is 17.4 Å².